The maximum Gasteiger partial charge on any atom is 0.262 e. The van der Waals surface area contributed by atoms with Crippen LogP contribution in [-0.2, 0) is 4.79 Å². The number of amides is 2. The number of aromatic hydroxyl groups is 1. The average molecular weight is 408 g/mol. The van der Waals surface area contributed by atoms with Crippen molar-refractivity contribution < 1.29 is 14.7 Å². The summed E-state index contributed by atoms with van der Waals surface area (Å²) in [6, 6.07) is 10.0. The summed E-state index contributed by atoms with van der Waals surface area (Å²) in [6.07, 6.45) is 1.44. The molecule has 0 radical (unpaired) electrons. The van der Waals surface area contributed by atoms with Crippen LogP contribution in [0.2, 0.25) is 10.0 Å². The fourth-order valence-corrected chi connectivity index (χ4v) is 2.72. The Hall–Kier alpha value is -2.57. The number of hydrazone groups is 1. The van der Waals surface area contributed by atoms with E-state index in [-0.39, 0.29) is 22.3 Å². The summed E-state index contributed by atoms with van der Waals surface area (Å²) in [6.45, 7) is 3.61. The highest BCUT2D eigenvalue weighted by Crippen LogP contribution is 2.21. The maximum absolute atomic E-state index is 12.4. The van der Waals surface area contributed by atoms with Gasteiger partial charge in [0.2, 0.25) is 0 Å². The lowest BCUT2D eigenvalue weighted by atomic mass is 10.0. The first-order valence-corrected chi connectivity index (χ1v) is 8.91. The van der Waals surface area contributed by atoms with Gasteiger partial charge in [0.15, 0.2) is 0 Å². The zero-order valence-corrected chi connectivity index (χ0v) is 16.3. The molecule has 0 aliphatic carbocycles. The Morgan fingerprint density at radius 1 is 1.11 bits per heavy atom. The van der Waals surface area contributed by atoms with Gasteiger partial charge in [0, 0.05) is 5.02 Å². The highest BCUT2D eigenvalue weighted by molar-refractivity contribution is 6.36. The number of benzene rings is 2. The number of nitrogens with one attached hydrogen (secondary N) is 2. The van der Waals surface area contributed by atoms with Crippen molar-refractivity contribution in [3.05, 3.63) is 63.6 Å². The molecule has 0 aliphatic heterocycles. The molecule has 1 atom stereocenters. The SMILES string of the molecule is CC(C)C(NC(=O)c1ccc(Cl)cc1Cl)C(=O)NN=Cc1ccc(O)cc1. The van der Waals surface area contributed by atoms with Crippen molar-refractivity contribution in [1.29, 1.82) is 0 Å². The minimum atomic E-state index is -0.804. The standard InChI is InChI=1S/C19H19Cl2N3O3/c1-11(2)17(23-18(26)15-8-5-13(20)9-16(15)21)19(27)24-22-10-12-3-6-14(25)7-4-12/h3-11,17,25H,1-2H3,(H,23,26)(H,24,27). The van der Waals surface area contributed by atoms with Gasteiger partial charge in [0.1, 0.15) is 11.8 Å². The quantitative estimate of drug-likeness (QED) is 0.504. The van der Waals surface area contributed by atoms with Gasteiger partial charge in [0.05, 0.1) is 16.8 Å². The van der Waals surface area contributed by atoms with Crippen LogP contribution in [-0.4, -0.2) is 29.2 Å². The Morgan fingerprint density at radius 2 is 1.78 bits per heavy atom. The molecule has 1 unspecified atom stereocenters. The van der Waals surface area contributed by atoms with E-state index in [9.17, 15) is 14.7 Å². The predicted molar refractivity (Wildman–Crippen MR) is 106 cm³/mol. The smallest absolute Gasteiger partial charge is 0.262 e. The second-order valence-electron chi connectivity index (χ2n) is 6.15. The minimum absolute atomic E-state index is 0.139. The average Bonchev–Trinajstić information content (AvgIpc) is 2.60. The number of hydrogen-bond donors (Lipinski definition) is 3. The third kappa shape index (κ3) is 5.98. The monoisotopic (exact) mass is 407 g/mol. The van der Waals surface area contributed by atoms with Gasteiger partial charge in [-0.3, -0.25) is 9.59 Å². The van der Waals surface area contributed by atoms with Crippen molar-refractivity contribution in [2.45, 2.75) is 19.9 Å². The molecule has 2 aromatic rings. The Morgan fingerprint density at radius 3 is 2.37 bits per heavy atom. The third-order valence-corrected chi connectivity index (χ3v) is 4.24. The van der Waals surface area contributed by atoms with E-state index in [1.807, 2.05) is 0 Å². The van der Waals surface area contributed by atoms with E-state index >= 15 is 0 Å². The first kappa shape index (κ1) is 20.7. The molecule has 2 amide bonds. The molecule has 0 saturated carbocycles. The zero-order valence-electron chi connectivity index (χ0n) is 14.7. The minimum Gasteiger partial charge on any atom is -0.508 e. The van der Waals surface area contributed by atoms with Crippen LogP contribution >= 0.6 is 23.2 Å². The lowest BCUT2D eigenvalue weighted by Crippen LogP contribution is -2.48. The number of rotatable bonds is 6. The molecular formula is C19H19Cl2N3O3. The summed E-state index contributed by atoms with van der Waals surface area (Å²) >= 11 is 11.9. The van der Waals surface area contributed by atoms with Crippen molar-refractivity contribution in [3.63, 3.8) is 0 Å². The summed E-state index contributed by atoms with van der Waals surface area (Å²) in [5.41, 5.74) is 3.34. The zero-order chi connectivity index (χ0) is 20.0. The van der Waals surface area contributed by atoms with E-state index in [1.165, 1.54) is 30.5 Å². The summed E-state index contributed by atoms with van der Waals surface area (Å²) in [4.78, 5) is 24.8. The molecule has 0 aromatic heterocycles. The second kappa shape index (κ2) is 9.39. The Bertz CT molecular complexity index is 852. The van der Waals surface area contributed by atoms with Crippen LogP contribution in [0, 0.1) is 5.92 Å². The summed E-state index contributed by atoms with van der Waals surface area (Å²) in [7, 11) is 0. The molecule has 0 heterocycles. The highest BCUT2D eigenvalue weighted by atomic mass is 35.5. The van der Waals surface area contributed by atoms with E-state index < -0.39 is 17.9 Å². The number of phenols is 1. The molecule has 8 heteroatoms. The van der Waals surface area contributed by atoms with Crippen molar-refractivity contribution in [3.8, 4) is 5.75 Å². The van der Waals surface area contributed by atoms with Crippen LogP contribution < -0.4 is 10.7 Å². The van der Waals surface area contributed by atoms with Crippen molar-refractivity contribution >= 4 is 41.2 Å². The summed E-state index contributed by atoms with van der Waals surface area (Å²) in [5.74, 6) is -0.977. The molecule has 6 nitrogen and oxygen atoms in total. The van der Waals surface area contributed by atoms with Crippen LogP contribution in [0.1, 0.15) is 29.8 Å². The molecule has 3 N–H and O–H groups in total. The van der Waals surface area contributed by atoms with Crippen molar-refractivity contribution in [2.24, 2.45) is 11.0 Å². The lowest BCUT2D eigenvalue weighted by molar-refractivity contribution is -0.123. The number of phenolic OH excluding ortho intramolecular Hbond substituents is 1. The van der Waals surface area contributed by atoms with E-state index in [2.05, 4.69) is 15.8 Å². The largest absolute Gasteiger partial charge is 0.508 e. The van der Waals surface area contributed by atoms with E-state index in [0.29, 0.717) is 10.6 Å². The lowest BCUT2D eigenvalue weighted by Gasteiger charge is -2.20. The Balaban J connectivity index is 2.04. The fourth-order valence-electron chi connectivity index (χ4n) is 2.23. The highest BCUT2D eigenvalue weighted by Gasteiger charge is 2.25. The molecule has 0 saturated heterocycles. The van der Waals surface area contributed by atoms with Crippen LogP contribution in [0.15, 0.2) is 47.6 Å². The molecule has 0 aliphatic rings. The van der Waals surface area contributed by atoms with Crippen LogP contribution in [0.5, 0.6) is 5.75 Å². The third-order valence-electron chi connectivity index (χ3n) is 3.69. The molecule has 0 fully saturated rings. The molecule has 2 aromatic carbocycles. The number of nitrogens with zero attached hydrogens (tertiary/aromatic N) is 1. The van der Waals surface area contributed by atoms with Gasteiger partial charge < -0.3 is 10.4 Å². The molecule has 2 rings (SSSR count). The van der Waals surface area contributed by atoms with E-state index in [1.54, 1.807) is 32.0 Å². The van der Waals surface area contributed by atoms with E-state index in [0.717, 1.165) is 0 Å². The topological polar surface area (TPSA) is 90.8 Å². The molecule has 0 spiro atoms. The number of halogens is 2. The maximum atomic E-state index is 12.4. The van der Waals surface area contributed by atoms with Gasteiger partial charge in [0.25, 0.3) is 11.8 Å². The summed E-state index contributed by atoms with van der Waals surface area (Å²) < 4.78 is 0. The van der Waals surface area contributed by atoms with Crippen molar-refractivity contribution in [2.75, 3.05) is 0 Å². The predicted octanol–water partition coefficient (Wildman–Crippen LogP) is 3.60. The van der Waals surface area contributed by atoms with Crippen molar-refractivity contribution in [1.82, 2.24) is 10.7 Å². The first-order valence-electron chi connectivity index (χ1n) is 8.16. The van der Waals surface area contributed by atoms with E-state index in [4.69, 9.17) is 23.2 Å². The van der Waals surface area contributed by atoms with Gasteiger partial charge >= 0.3 is 0 Å². The first-order chi connectivity index (χ1) is 12.8. The second-order valence-corrected chi connectivity index (χ2v) is 6.99. The van der Waals surface area contributed by atoms with Gasteiger partial charge in [-0.05, 0) is 53.9 Å². The fraction of sp³-hybridized carbons (Fsp3) is 0.211. The van der Waals surface area contributed by atoms with Crippen LogP contribution in [0.4, 0.5) is 0 Å². The number of hydrogen-bond acceptors (Lipinski definition) is 4. The summed E-state index contributed by atoms with van der Waals surface area (Å²) in [5, 5.41) is 16.4. The normalized spacial score (nSPS) is 12.2. The number of carbonyl (C=O) groups excluding carboxylic acids is 2. The molecular weight excluding hydrogens is 389 g/mol. The van der Waals surface area contributed by atoms with Crippen LogP contribution in [0.25, 0.3) is 0 Å². The van der Waals surface area contributed by atoms with Gasteiger partial charge in [-0.25, -0.2) is 5.43 Å². The van der Waals surface area contributed by atoms with Gasteiger partial charge in [-0.1, -0.05) is 37.0 Å². The Labute approximate surface area is 167 Å². The molecule has 0 bridgehead atoms. The molecule has 142 valence electrons. The van der Waals surface area contributed by atoms with Crippen LogP contribution in [0.3, 0.4) is 0 Å². The Kier molecular flexibility index (Phi) is 7.21. The van der Waals surface area contributed by atoms with Gasteiger partial charge in [-0.15, -0.1) is 0 Å². The van der Waals surface area contributed by atoms with Gasteiger partial charge in [-0.2, -0.15) is 5.10 Å². The molecule has 27 heavy (non-hydrogen) atoms. The number of carbonyl (C=O) groups is 2.